The van der Waals surface area contributed by atoms with Gasteiger partial charge in [-0.3, -0.25) is 4.79 Å². The minimum atomic E-state index is -0.560. The van der Waals surface area contributed by atoms with Crippen LogP contribution in [-0.4, -0.2) is 42.2 Å². The van der Waals surface area contributed by atoms with Crippen LogP contribution in [0.4, 0.5) is 27.5 Å². The number of halogens is 1. The number of carbonyl (C=O) groups excluding carboxylic acids is 1. The van der Waals surface area contributed by atoms with E-state index in [2.05, 4.69) is 25.5 Å². The summed E-state index contributed by atoms with van der Waals surface area (Å²) in [4.78, 5) is 24.3. The fraction of sp³-hybridized carbons (Fsp3) is 0.320. The Morgan fingerprint density at radius 2 is 1.67 bits per heavy atom. The molecule has 2 heterocycles. The molecule has 1 amide bonds. The predicted molar refractivity (Wildman–Crippen MR) is 125 cm³/mol. The van der Waals surface area contributed by atoms with E-state index in [1.54, 1.807) is 12.1 Å². The van der Waals surface area contributed by atoms with Crippen molar-refractivity contribution in [1.29, 1.82) is 0 Å². The Balaban J connectivity index is 1.25. The zero-order chi connectivity index (χ0) is 22.8. The molecule has 1 aliphatic carbocycles. The first-order valence-corrected chi connectivity index (χ1v) is 11.1. The van der Waals surface area contributed by atoms with Crippen molar-refractivity contribution in [3.63, 3.8) is 0 Å². The number of nitrogens with one attached hydrogen (secondary N) is 2. The number of benzene rings is 2. The summed E-state index contributed by atoms with van der Waals surface area (Å²) in [6, 6.07) is 15.6. The van der Waals surface area contributed by atoms with Crippen LogP contribution in [0.3, 0.4) is 0 Å². The lowest BCUT2D eigenvalue weighted by Crippen LogP contribution is -2.36. The molecule has 2 aromatic carbocycles. The summed E-state index contributed by atoms with van der Waals surface area (Å²) >= 11 is 0. The molecule has 3 aromatic rings. The lowest BCUT2D eigenvalue weighted by Gasteiger charge is -2.28. The number of rotatable bonds is 6. The zero-order valence-electron chi connectivity index (χ0n) is 18.5. The van der Waals surface area contributed by atoms with Crippen molar-refractivity contribution in [2.75, 3.05) is 41.8 Å². The minimum absolute atomic E-state index is 0.0630. The number of ether oxygens (including phenoxy) is 1. The summed E-state index contributed by atoms with van der Waals surface area (Å²) in [7, 11) is 0. The van der Waals surface area contributed by atoms with Gasteiger partial charge in [0.15, 0.2) is 0 Å². The van der Waals surface area contributed by atoms with Gasteiger partial charge in [-0.1, -0.05) is 12.1 Å². The molecule has 0 atom stereocenters. The number of morpholine rings is 1. The molecule has 1 aromatic heterocycles. The minimum Gasteiger partial charge on any atom is -0.378 e. The Hall–Kier alpha value is -3.52. The molecule has 0 unspecified atom stereocenters. The fourth-order valence-electron chi connectivity index (χ4n) is 4.12. The van der Waals surface area contributed by atoms with Crippen LogP contribution in [0.1, 0.15) is 24.1 Å². The molecule has 2 aliphatic rings. The van der Waals surface area contributed by atoms with Crippen molar-refractivity contribution in [2.24, 2.45) is 0 Å². The van der Waals surface area contributed by atoms with Crippen molar-refractivity contribution in [2.45, 2.75) is 25.2 Å². The van der Waals surface area contributed by atoms with E-state index in [9.17, 15) is 9.18 Å². The molecule has 7 nitrogen and oxygen atoms in total. The molecule has 170 valence electrons. The topological polar surface area (TPSA) is 79.4 Å². The van der Waals surface area contributed by atoms with E-state index in [0.29, 0.717) is 24.8 Å². The van der Waals surface area contributed by atoms with Crippen LogP contribution in [0.2, 0.25) is 0 Å². The second-order valence-corrected chi connectivity index (χ2v) is 8.54. The number of hydrogen-bond donors (Lipinski definition) is 2. The third kappa shape index (κ3) is 4.66. The van der Waals surface area contributed by atoms with Crippen molar-refractivity contribution in [1.82, 2.24) is 9.97 Å². The molecule has 2 fully saturated rings. The maximum atomic E-state index is 13.3. The first kappa shape index (κ1) is 21.3. The summed E-state index contributed by atoms with van der Waals surface area (Å²) in [6.07, 6.45) is 1.53. The molecule has 1 saturated carbocycles. The summed E-state index contributed by atoms with van der Waals surface area (Å²) in [5, 5.41) is 6.25. The van der Waals surface area contributed by atoms with Crippen molar-refractivity contribution < 1.29 is 13.9 Å². The smallest absolute Gasteiger partial charge is 0.235 e. The van der Waals surface area contributed by atoms with Crippen LogP contribution in [0, 0.1) is 12.7 Å². The molecule has 2 N–H and O–H groups in total. The second kappa shape index (κ2) is 8.78. The predicted octanol–water partition coefficient (Wildman–Crippen LogP) is 4.17. The van der Waals surface area contributed by atoms with E-state index in [1.165, 1.54) is 12.1 Å². The first-order valence-electron chi connectivity index (χ1n) is 11.1. The van der Waals surface area contributed by atoms with E-state index in [0.717, 1.165) is 48.7 Å². The maximum absolute atomic E-state index is 13.3. The highest BCUT2D eigenvalue weighted by atomic mass is 19.1. The summed E-state index contributed by atoms with van der Waals surface area (Å²) in [5.41, 5.74) is 2.71. The van der Waals surface area contributed by atoms with Crippen LogP contribution < -0.4 is 15.5 Å². The molecule has 0 bridgehead atoms. The Kier molecular flexibility index (Phi) is 5.68. The number of amides is 1. The number of aromatic nitrogens is 2. The average Bonchev–Trinajstić information content (AvgIpc) is 3.63. The molecule has 33 heavy (non-hydrogen) atoms. The normalized spacial score (nSPS) is 16.8. The number of anilines is 4. The van der Waals surface area contributed by atoms with Gasteiger partial charge in [-0.2, -0.15) is 4.98 Å². The van der Waals surface area contributed by atoms with Gasteiger partial charge in [-0.05, 0) is 61.7 Å². The molecule has 1 aliphatic heterocycles. The summed E-state index contributed by atoms with van der Waals surface area (Å²) in [5.74, 6) is 1.05. The quantitative estimate of drug-likeness (QED) is 0.590. The average molecular weight is 448 g/mol. The van der Waals surface area contributed by atoms with Gasteiger partial charge in [0.1, 0.15) is 11.6 Å². The monoisotopic (exact) mass is 447 g/mol. The summed E-state index contributed by atoms with van der Waals surface area (Å²) < 4.78 is 18.7. The van der Waals surface area contributed by atoms with Crippen LogP contribution >= 0.6 is 0 Å². The maximum Gasteiger partial charge on any atom is 0.235 e. The Morgan fingerprint density at radius 1 is 1.00 bits per heavy atom. The molecular formula is C25H26FN5O2. The largest absolute Gasteiger partial charge is 0.378 e. The number of nitrogens with zero attached hydrogens (tertiary/aromatic N) is 3. The Labute approximate surface area is 192 Å². The third-order valence-corrected chi connectivity index (χ3v) is 6.16. The van der Waals surface area contributed by atoms with Gasteiger partial charge in [-0.15, -0.1) is 0 Å². The molecule has 0 spiro atoms. The van der Waals surface area contributed by atoms with Crippen molar-refractivity contribution in [3.8, 4) is 0 Å². The summed E-state index contributed by atoms with van der Waals surface area (Å²) in [6.45, 7) is 4.96. The van der Waals surface area contributed by atoms with Gasteiger partial charge >= 0.3 is 0 Å². The van der Waals surface area contributed by atoms with Crippen LogP contribution in [0.25, 0.3) is 0 Å². The van der Waals surface area contributed by atoms with Gasteiger partial charge in [-0.25, -0.2) is 9.37 Å². The van der Waals surface area contributed by atoms with Crippen LogP contribution in [0.15, 0.2) is 54.6 Å². The van der Waals surface area contributed by atoms with Gasteiger partial charge in [0.25, 0.3) is 0 Å². The van der Waals surface area contributed by atoms with E-state index in [4.69, 9.17) is 4.74 Å². The molecule has 8 heteroatoms. The van der Waals surface area contributed by atoms with Crippen molar-refractivity contribution >= 4 is 29.0 Å². The molecule has 5 rings (SSSR count). The van der Waals surface area contributed by atoms with E-state index in [-0.39, 0.29) is 11.7 Å². The van der Waals surface area contributed by atoms with E-state index >= 15 is 0 Å². The van der Waals surface area contributed by atoms with Gasteiger partial charge in [0, 0.05) is 36.2 Å². The van der Waals surface area contributed by atoms with Gasteiger partial charge in [0.2, 0.25) is 11.9 Å². The second-order valence-electron chi connectivity index (χ2n) is 8.54. The highest BCUT2D eigenvalue weighted by molar-refractivity contribution is 6.01. The Bertz CT molecular complexity index is 1140. The fourth-order valence-corrected chi connectivity index (χ4v) is 4.12. The number of aryl methyl sites for hydroxylation is 1. The van der Waals surface area contributed by atoms with Gasteiger partial charge < -0.3 is 20.3 Å². The zero-order valence-corrected chi connectivity index (χ0v) is 18.5. The Morgan fingerprint density at radius 3 is 2.33 bits per heavy atom. The van der Waals surface area contributed by atoms with Crippen molar-refractivity contribution in [3.05, 3.63) is 71.7 Å². The van der Waals surface area contributed by atoms with Crippen LogP contribution in [-0.2, 0) is 14.9 Å². The lowest BCUT2D eigenvalue weighted by atomic mass is 9.95. The highest BCUT2D eigenvalue weighted by Crippen LogP contribution is 2.49. The SMILES string of the molecule is Cc1cc(N2CCOCC2)nc(Nc2ccc(NC(=O)C3(c4ccc(F)cc4)CC3)cc2)n1. The number of carbonyl (C=O) groups is 1. The molecule has 0 radical (unpaired) electrons. The lowest BCUT2D eigenvalue weighted by molar-refractivity contribution is -0.118. The highest BCUT2D eigenvalue weighted by Gasteiger charge is 2.51. The molecular weight excluding hydrogens is 421 g/mol. The van der Waals surface area contributed by atoms with Crippen LogP contribution in [0.5, 0.6) is 0 Å². The standard InChI is InChI=1S/C25H26FN5O2/c1-17-16-22(31-12-14-33-15-13-31)30-24(27-17)29-21-8-6-20(7-9-21)28-23(32)25(10-11-25)18-2-4-19(26)5-3-18/h2-9,16H,10-15H2,1H3,(H,28,32)(H,27,29,30). The van der Waals surface area contributed by atoms with Gasteiger partial charge in [0.05, 0.1) is 18.6 Å². The first-order chi connectivity index (χ1) is 16.0. The molecule has 1 saturated heterocycles. The van der Waals surface area contributed by atoms with E-state index in [1.807, 2.05) is 37.3 Å². The third-order valence-electron chi connectivity index (χ3n) is 6.16. The van der Waals surface area contributed by atoms with E-state index < -0.39 is 5.41 Å². The number of hydrogen-bond acceptors (Lipinski definition) is 6.